The molecule has 6 nitrogen and oxygen atoms in total. The second kappa shape index (κ2) is 4.05. The summed E-state index contributed by atoms with van der Waals surface area (Å²) in [6.45, 7) is 0. The van der Waals surface area contributed by atoms with E-state index in [4.69, 9.17) is 10.4 Å². The Balaban J connectivity index is 3.00. The predicted octanol–water partition coefficient (Wildman–Crippen LogP) is 0.236. The van der Waals surface area contributed by atoms with Gasteiger partial charge in [0.2, 0.25) is 0 Å². The fourth-order valence-corrected chi connectivity index (χ4v) is 1.42. The van der Waals surface area contributed by atoms with Crippen LogP contribution in [0.3, 0.4) is 0 Å². The summed E-state index contributed by atoms with van der Waals surface area (Å²) in [5.41, 5.74) is 1.10. The van der Waals surface area contributed by atoms with Gasteiger partial charge in [-0.3, -0.25) is 4.55 Å². The van der Waals surface area contributed by atoms with Gasteiger partial charge < -0.3 is 4.90 Å². The van der Waals surface area contributed by atoms with Crippen LogP contribution in [0.1, 0.15) is 0 Å². The molecular weight excluding hydrogens is 218 g/mol. The molecule has 0 saturated heterocycles. The second-order valence-corrected chi connectivity index (χ2v) is 4.47. The summed E-state index contributed by atoms with van der Waals surface area (Å²) in [7, 11) is -0.673. The molecule has 3 N–H and O–H groups in total. The largest absolute Gasteiger partial charge is 0.378 e. The van der Waals surface area contributed by atoms with Crippen molar-refractivity contribution in [3.8, 4) is 0 Å². The number of hydrogen-bond acceptors (Lipinski definition) is 4. The third-order valence-corrected chi connectivity index (χ3v) is 2.58. The van der Waals surface area contributed by atoms with E-state index >= 15 is 0 Å². The molecule has 0 aliphatic rings. The van der Waals surface area contributed by atoms with Crippen LogP contribution >= 0.6 is 0 Å². The molecule has 0 saturated carbocycles. The Labute approximate surface area is 88.8 Å². The maximum absolute atomic E-state index is 10.7. The lowest BCUT2D eigenvalue weighted by Gasteiger charge is -2.16. The third kappa shape index (κ3) is 2.82. The topological polar surface area (TPSA) is 86.9 Å². The maximum atomic E-state index is 10.7. The minimum atomic E-state index is -4.39. The fraction of sp³-hybridized carbons (Fsp3) is 0.250. The van der Waals surface area contributed by atoms with Gasteiger partial charge in [0.1, 0.15) is 0 Å². The number of hydrazine groups is 1. The van der Waals surface area contributed by atoms with Crippen molar-refractivity contribution in [1.29, 1.82) is 0 Å². The average Bonchev–Trinajstić information content (AvgIpc) is 2.15. The smallest absolute Gasteiger partial charge is 0.373 e. The van der Waals surface area contributed by atoms with E-state index < -0.39 is 10.3 Å². The summed E-state index contributed by atoms with van der Waals surface area (Å²) in [6, 6.07) is 6.40. The van der Waals surface area contributed by atoms with Crippen LogP contribution in [-0.2, 0) is 10.3 Å². The minimum Gasteiger partial charge on any atom is -0.378 e. The Morgan fingerprint density at radius 2 is 1.53 bits per heavy atom. The van der Waals surface area contributed by atoms with E-state index in [-0.39, 0.29) is 5.69 Å². The Morgan fingerprint density at radius 1 is 1.13 bits per heavy atom. The van der Waals surface area contributed by atoms with Crippen molar-refractivity contribution in [2.24, 2.45) is 5.84 Å². The lowest BCUT2D eigenvalue weighted by atomic mass is 10.3. The van der Waals surface area contributed by atoms with Gasteiger partial charge in [-0.1, -0.05) is 0 Å². The van der Waals surface area contributed by atoms with Crippen LogP contribution in [0.15, 0.2) is 24.3 Å². The average molecular weight is 231 g/mol. The Kier molecular flexibility index (Phi) is 3.18. The molecule has 0 amide bonds. The van der Waals surface area contributed by atoms with E-state index in [1.165, 1.54) is 12.1 Å². The normalized spacial score (nSPS) is 11.2. The highest BCUT2D eigenvalue weighted by Gasteiger charge is 2.14. The number of hydrogen-bond donors (Lipinski definition) is 2. The molecule has 0 spiro atoms. The number of benzene rings is 1. The first-order chi connectivity index (χ1) is 6.82. The zero-order valence-electron chi connectivity index (χ0n) is 8.45. The third-order valence-electron chi connectivity index (χ3n) is 1.87. The minimum absolute atomic E-state index is 0.197. The van der Waals surface area contributed by atoms with Gasteiger partial charge in [-0.15, -0.1) is 0 Å². The van der Waals surface area contributed by atoms with Crippen LogP contribution in [0.5, 0.6) is 0 Å². The Hall–Kier alpha value is -1.31. The first-order valence-electron chi connectivity index (χ1n) is 4.12. The molecule has 0 aliphatic heterocycles. The number of rotatable bonds is 3. The number of nitrogens with zero attached hydrogens (tertiary/aromatic N) is 2. The lowest BCUT2D eigenvalue weighted by Crippen LogP contribution is -2.36. The molecule has 1 aromatic carbocycles. The van der Waals surface area contributed by atoms with E-state index in [1.54, 1.807) is 12.1 Å². The van der Waals surface area contributed by atoms with Gasteiger partial charge in [-0.05, 0) is 24.3 Å². The van der Waals surface area contributed by atoms with Crippen molar-refractivity contribution in [3.05, 3.63) is 24.3 Å². The van der Waals surface area contributed by atoms with E-state index in [1.807, 2.05) is 19.0 Å². The van der Waals surface area contributed by atoms with Crippen molar-refractivity contribution < 1.29 is 13.0 Å². The summed E-state index contributed by atoms with van der Waals surface area (Å²) in [4.78, 5) is 1.86. The van der Waals surface area contributed by atoms with Gasteiger partial charge >= 0.3 is 10.3 Å². The molecule has 0 heterocycles. The standard InChI is InChI=1S/C8H13N3O3S/c1-10(2)7-3-5-8(6-4-7)11(9)15(12,13)14/h3-6H,9H2,1-2H3,(H,12,13,14). The summed E-state index contributed by atoms with van der Waals surface area (Å²) in [6.07, 6.45) is 0. The molecule has 0 aromatic heterocycles. The van der Waals surface area contributed by atoms with E-state index in [0.717, 1.165) is 5.69 Å². The SMILES string of the molecule is CN(C)c1ccc(N(N)S(=O)(=O)O)cc1. The van der Waals surface area contributed by atoms with Crippen LogP contribution in [0.2, 0.25) is 0 Å². The van der Waals surface area contributed by atoms with E-state index in [0.29, 0.717) is 4.41 Å². The zero-order chi connectivity index (χ0) is 11.6. The Morgan fingerprint density at radius 3 is 1.87 bits per heavy atom. The van der Waals surface area contributed by atoms with Gasteiger partial charge in [0.05, 0.1) is 5.69 Å². The number of nitrogens with two attached hydrogens (primary N) is 1. The van der Waals surface area contributed by atoms with Gasteiger partial charge in [-0.25, -0.2) is 5.84 Å². The fourth-order valence-electron chi connectivity index (χ4n) is 1.03. The quantitative estimate of drug-likeness (QED) is 0.442. The first kappa shape index (κ1) is 11.8. The van der Waals surface area contributed by atoms with Crippen molar-refractivity contribution >= 4 is 21.7 Å². The van der Waals surface area contributed by atoms with E-state index in [2.05, 4.69) is 0 Å². The summed E-state index contributed by atoms with van der Waals surface area (Å²) in [5, 5.41) is 0. The molecule has 0 bridgehead atoms. The molecule has 1 rings (SSSR count). The van der Waals surface area contributed by atoms with Crippen molar-refractivity contribution in [3.63, 3.8) is 0 Å². The second-order valence-electron chi connectivity index (χ2n) is 3.18. The van der Waals surface area contributed by atoms with Crippen LogP contribution in [0.4, 0.5) is 11.4 Å². The monoisotopic (exact) mass is 231 g/mol. The van der Waals surface area contributed by atoms with Crippen molar-refractivity contribution in [2.75, 3.05) is 23.4 Å². The van der Waals surface area contributed by atoms with Gasteiger partial charge in [0.25, 0.3) is 0 Å². The molecule has 84 valence electrons. The van der Waals surface area contributed by atoms with Gasteiger partial charge in [0, 0.05) is 19.8 Å². The summed E-state index contributed by atoms with van der Waals surface area (Å²) < 4.78 is 30.4. The van der Waals surface area contributed by atoms with Crippen LogP contribution in [0, 0.1) is 0 Å². The molecule has 0 unspecified atom stereocenters. The van der Waals surface area contributed by atoms with Crippen LogP contribution < -0.4 is 15.2 Å². The van der Waals surface area contributed by atoms with Crippen LogP contribution in [0.25, 0.3) is 0 Å². The molecule has 0 radical (unpaired) electrons. The molecule has 15 heavy (non-hydrogen) atoms. The van der Waals surface area contributed by atoms with E-state index in [9.17, 15) is 8.42 Å². The molecular formula is C8H13N3O3S. The molecule has 0 fully saturated rings. The lowest BCUT2D eigenvalue weighted by molar-refractivity contribution is 0.478. The summed E-state index contributed by atoms with van der Waals surface area (Å²) in [5.74, 6) is 5.18. The van der Waals surface area contributed by atoms with Gasteiger partial charge in [-0.2, -0.15) is 12.8 Å². The first-order valence-corrected chi connectivity index (χ1v) is 5.52. The Bertz CT molecular complexity index is 427. The highest BCUT2D eigenvalue weighted by Crippen LogP contribution is 2.18. The highest BCUT2D eigenvalue weighted by molar-refractivity contribution is 7.87. The van der Waals surface area contributed by atoms with Gasteiger partial charge in [0.15, 0.2) is 0 Å². The molecule has 7 heteroatoms. The van der Waals surface area contributed by atoms with Crippen LogP contribution in [-0.4, -0.2) is 27.1 Å². The molecule has 0 atom stereocenters. The summed E-state index contributed by atoms with van der Waals surface area (Å²) >= 11 is 0. The predicted molar refractivity (Wildman–Crippen MR) is 59.0 cm³/mol. The highest BCUT2D eigenvalue weighted by atomic mass is 32.2. The zero-order valence-corrected chi connectivity index (χ0v) is 9.27. The maximum Gasteiger partial charge on any atom is 0.373 e. The molecule has 0 aliphatic carbocycles. The molecule has 1 aromatic rings. The number of anilines is 2. The van der Waals surface area contributed by atoms with Crippen molar-refractivity contribution in [1.82, 2.24) is 0 Å². The van der Waals surface area contributed by atoms with Crippen molar-refractivity contribution in [2.45, 2.75) is 0 Å².